The molecule has 0 radical (unpaired) electrons. The van der Waals surface area contributed by atoms with Crippen molar-refractivity contribution < 1.29 is 9.53 Å². The third-order valence-electron chi connectivity index (χ3n) is 2.49. The monoisotopic (exact) mass is 222 g/mol. The molecule has 0 aliphatic carbocycles. The minimum Gasteiger partial charge on any atom is -0.378 e. The molecule has 0 saturated carbocycles. The van der Waals surface area contributed by atoms with E-state index in [1.807, 2.05) is 0 Å². The van der Waals surface area contributed by atoms with Crippen LogP contribution < -0.4 is 5.73 Å². The first-order valence-electron chi connectivity index (χ1n) is 5.14. The first-order chi connectivity index (χ1) is 7.68. The Kier molecular flexibility index (Phi) is 3.00. The first-order valence-corrected chi connectivity index (χ1v) is 5.14. The van der Waals surface area contributed by atoms with Crippen LogP contribution in [0.1, 0.15) is 16.1 Å². The van der Waals surface area contributed by atoms with E-state index >= 15 is 0 Å². The molecule has 1 aliphatic heterocycles. The van der Waals surface area contributed by atoms with E-state index in [4.69, 9.17) is 10.5 Å². The lowest BCUT2D eigenvalue weighted by atomic mass is 10.2. The van der Waals surface area contributed by atoms with Gasteiger partial charge in [0.2, 0.25) is 5.95 Å². The minimum atomic E-state index is -0.102. The number of morpholine rings is 1. The van der Waals surface area contributed by atoms with E-state index in [2.05, 4.69) is 9.97 Å². The van der Waals surface area contributed by atoms with E-state index in [9.17, 15) is 4.79 Å². The maximum atomic E-state index is 12.1. The highest BCUT2D eigenvalue weighted by molar-refractivity contribution is 5.93. The number of anilines is 1. The molecule has 0 bridgehead atoms. The number of carbonyl (C=O) groups is 1. The Morgan fingerprint density at radius 1 is 1.50 bits per heavy atom. The summed E-state index contributed by atoms with van der Waals surface area (Å²) in [7, 11) is 0. The number of nitrogens with zero attached hydrogens (tertiary/aromatic N) is 3. The summed E-state index contributed by atoms with van der Waals surface area (Å²) < 4.78 is 5.19. The van der Waals surface area contributed by atoms with Crippen molar-refractivity contribution in [3.05, 3.63) is 17.5 Å². The summed E-state index contributed by atoms with van der Waals surface area (Å²) in [5, 5.41) is 0. The van der Waals surface area contributed by atoms with Crippen molar-refractivity contribution in [3.63, 3.8) is 0 Å². The van der Waals surface area contributed by atoms with E-state index in [0.29, 0.717) is 32.0 Å². The minimum absolute atomic E-state index is 0.102. The highest BCUT2D eigenvalue weighted by Gasteiger charge is 2.21. The number of aromatic nitrogens is 2. The van der Waals surface area contributed by atoms with Gasteiger partial charge in [-0.25, -0.2) is 9.97 Å². The van der Waals surface area contributed by atoms with Gasteiger partial charge >= 0.3 is 0 Å². The summed E-state index contributed by atoms with van der Waals surface area (Å²) in [5.74, 6) is 0.0251. The molecule has 6 heteroatoms. The van der Waals surface area contributed by atoms with Gasteiger partial charge in [0.05, 0.1) is 13.2 Å². The Hall–Kier alpha value is -1.69. The van der Waals surface area contributed by atoms with Gasteiger partial charge in [0, 0.05) is 19.3 Å². The maximum absolute atomic E-state index is 12.1. The fraction of sp³-hybridized carbons (Fsp3) is 0.500. The van der Waals surface area contributed by atoms with Gasteiger partial charge in [-0.1, -0.05) is 0 Å². The highest BCUT2D eigenvalue weighted by atomic mass is 16.5. The van der Waals surface area contributed by atoms with Crippen molar-refractivity contribution in [1.82, 2.24) is 14.9 Å². The molecule has 1 fully saturated rings. The smallest absolute Gasteiger partial charge is 0.273 e. The topological polar surface area (TPSA) is 81.3 Å². The van der Waals surface area contributed by atoms with Gasteiger partial charge in [0.15, 0.2) is 0 Å². The van der Waals surface area contributed by atoms with Crippen LogP contribution in [0.4, 0.5) is 5.95 Å². The van der Waals surface area contributed by atoms with Crippen molar-refractivity contribution >= 4 is 11.9 Å². The number of hydrogen-bond donors (Lipinski definition) is 1. The van der Waals surface area contributed by atoms with Crippen LogP contribution in [0.2, 0.25) is 0 Å². The second-order valence-electron chi connectivity index (χ2n) is 3.66. The standard InChI is InChI=1S/C10H14N4O2/c1-7-6-12-10(11)13-8(7)9(15)14-2-4-16-5-3-14/h6H,2-5H2,1H3,(H2,11,12,13). The molecule has 1 amide bonds. The third-order valence-corrected chi connectivity index (χ3v) is 2.49. The quantitative estimate of drug-likeness (QED) is 0.714. The van der Waals surface area contributed by atoms with Crippen LogP contribution in [0.5, 0.6) is 0 Å². The fourth-order valence-corrected chi connectivity index (χ4v) is 1.59. The Bertz CT molecular complexity index is 402. The highest BCUT2D eigenvalue weighted by Crippen LogP contribution is 2.10. The molecule has 6 nitrogen and oxygen atoms in total. The molecule has 1 saturated heterocycles. The predicted molar refractivity (Wildman–Crippen MR) is 57.9 cm³/mol. The average Bonchev–Trinajstić information content (AvgIpc) is 2.32. The normalized spacial score (nSPS) is 16.2. The molecule has 16 heavy (non-hydrogen) atoms. The Morgan fingerprint density at radius 2 is 2.19 bits per heavy atom. The summed E-state index contributed by atoms with van der Waals surface area (Å²) in [6.45, 7) is 4.15. The number of rotatable bonds is 1. The second-order valence-corrected chi connectivity index (χ2v) is 3.66. The number of carbonyl (C=O) groups excluding carboxylic acids is 1. The lowest BCUT2D eigenvalue weighted by Gasteiger charge is -2.26. The van der Waals surface area contributed by atoms with Gasteiger partial charge in [-0.15, -0.1) is 0 Å². The maximum Gasteiger partial charge on any atom is 0.273 e. The third kappa shape index (κ3) is 2.11. The number of amides is 1. The van der Waals surface area contributed by atoms with Gasteiger partial charge in [-0.05, 0) is 12.5 Å². The van der Waals surface area contributed by atoms with Crippen LogP contribution in [-0.4, -0.2) is 47.1 Å². The summed E-state index contributed by atoms with van der Waals surface area (Å²) in [6, 6.07) is 0. The predicted octanol–water partition coefficient (Wildman–Crippen LogP) is -0.160. The number of ether oxygens (including phenoxy) is 1. The van der Waals surface area contributed by atoms with Crippen molar-refractivity contribution in [1.29, 1.82) is 0 Å². The first kappa shape index (κ1) is 10.8. The van der Waals surface area contributed by atoms with Crippen LogP contribution in [0.3, 0.4) is 0 Å². The zero-order chi connectivity index (χ0) is 11.5. The number of nitrogen functional groups attached to an aromatic ring is 1. The number of aryl methyl sites for hydroxylation is 1. The van der Waals surface area contributed by atoms with Crippen molar-refractivity contribution in [3.8, 4) is 0 Å². The molecular formula is C10H14N4O2. The van der Waals surface area contributed by atoms with Gasteiger partial charge in [-0.3, -0.25) is 4.79 Å². The van der Waals surface area contributed by atoms with E-state index in [1.54, 1.807) is 18.0 Å². The molecule has 1 aromatic heterocycles. The SMILES string of the molecule is Cc1cnc(N)nc1C(=O)N1CCOCC1. The van der Waals surface area contributed by atoms with Crippen LogP contribution in [0.15, 0.2) is 6.20 Å². The van der Waals surface area contributed by atoms with Gasteiger partial charge < -0.3 is 15.4 Å². The summed E-state index contributed by atoms with van der Waals surface area (Å²) >= 11 is 0. The fourth-order valence-electron chi connectivity index (χ4n) is 1.59. The Balaban J connectivity index is 2.22. The molecule has 2 heterocycles. The molecule has 0 unspecified atom stereocenters. The van der Waals surface area contributed by atoms with Crippen LogP contribution in [0.25, 0.3) is 0 Å². The largest absolute Gasteiger partial charge is 0.378 e. The summed E-state index contributed by atoms with van der Waals surface area (Å²) in [5.41, 5.74) is 6.60. The molecule has 2 rings (SSSR count). The molecule has 0 spiro atoms. The van der Waals surface area contributed by atoms with E-state index < -0.39 is 0 Å². The van der Waals surface area contributed by atoms with Gasteiger partial charge in [0.1, 0.15) is 5.69 Å². The van der Waals surface area contributed by atoms with Gasteiger partial charge in [-0.2, -0.15) is 0 Å². The average molecular weight is 222 g/mol. The molecule has 0 atom stereocenters. The zero-order valence-electron chi connectivity index (χ0n) is 9.14. The second kappa shape index (κ2) is 4.44. The zero-order valence-corrected chi connectivity index (χ0v) is 9.14. The van der Waals surface area contributed by atoms with Gasteiger partial charge in [0.25, 0.3) is 5.91 Å². The molecule has 1 aromatic rings. The number of nitrogens with two attached hydrogens (primary N) is 1. The van der Waals surface area contributed by atoms with E-state index in [0.717, 1.165) is 5.56 Å². The Morgan fingerprint density at radius 3 is 2.88 bits per heavy atom. The molecule has 2 N–H and O–H groups in total. The van der Waals surface area contributed by atoms with Crippen LogP contribution in [-0.2, 0) is 4.74 Å². The van der Waals surface area contributed by atoms with Crippen molar-refractivity contribution in [2.75, 3.05) is 32.0 Å². The van der Waals surface area contributed by atoms with Crippen molar-refractivity contribution in [2.45, 2.75) is 6.92 Å². The lowest BCUT2D eigenvalue weighted by Crippen LogP contribution is -2.41. The van der Waals surface area contributed by atoms with Crippen LogP contribution in [0, 0.1) is 6.92 Å². The lowest BCUT2D eigenvalue weighted by molar-refractivity contribution is 0.0298. The molecular weight excluding hydrogens is 208 g/mol. The van der Waals surface area contributed by atoms with Crippen molar-refractivity contribution in [2.24, 2.45) is 0 Å². The molecule has 1 aliphatic rings. The molecule has 0 aromatic carbocycles. The summed E-state index contributed by atoms with van der Waals surface area (Å²) in [6.07, 6.45) is 1.57. The van der Waals surface area contributed by atoms with E-state index in [-0.39, 0.29) is 11.9 Å². The molecule has 86 valence electrons. The van der Waals surface area contributed by atoms with Crippen LogP contribution >= 0.6 is 0 Å². The number of hydrogen-bond acceptors (Lipinski definition) is 5. The Labute approximate surface area is 93.4 Å². The summed E-state index contributed by atoms with van der Waals surface area (Å²) in [4.78, 5) is 21.6. The van der Waals surface area contributed by atoms with E-state index in [1.165, 1.54) is 0 Å².